The second kappa shape index (κ2) is 11.1. The third-order valence-electron chi connectivity index (χ3n) is 4.92. The molecule has 0 bridgehead atoms. The normalized spacial score (nSPS) is 12.5. The quantitative estimate of drug-likeness (QED) is 0.347. The van der Waals surface area contributed by atoms with Crippen molar-refractivity contribution in [3.05, 3.63) is 77.6 Å². The number of esters is 1. The van der Waals surface area contributed by atoms with Crippen LogP contribution in [-0.2, 0) is 16.0 Å². The summed E-state index contributed by atoms with van der Waals surface area (Å²) in [6, 6.07) is 19.1. The van der Waals surface area contributed by atoms with Gasteiger partial charge in [0.05, 0.1) is 0 Å². The van der Waals surface area contributed by atoms with Crippen LogP contribution in [-0.4, -0.2) is 57.0 Å². The number of amides is 1. The summed E-state index contributed by atoms with van der Waals surface area (Å²) in [6.45, 7) is 1.73. The SMILES string of the molecule is CC(Cc1ccc(-c2ccccc2)cc1)OC(=O)C(O)CCNC(=O)c1cc(C(=O)O)[nH]n1. The van der Waals surface area contributed by atoms with Crippen LogP contribution >= 0.6 is 0 Å². The maximum absolute atomic E-state index is 12.1. The van der Waals surface area contributed by atoms with E-state index >= 15 is 0 Å². The molecule has 3 aromatic rings. The summed E-state index contributed by atoms with van der Waals surface area (Å²) in [5.74, 6) is -2.63. The molecule has 9 nitrogen and oxygen atoms in total. The number of nitrogens with zero attached hydrogens (tertiary/aromatic N) is 1. The molecule has 2 atom stereocenters. The summed E-state index contributed by atoms with van der Waals surface area (Å²) in [4.78, 5) is 34.9. The van der Waals surface area contributed by atoms with Crippen molar-refractivity contribution < 1.29 is 29.3 Å². The Kier molecular flexibility index (Phi) is 7.93. The molecule has 0 fully saturated rings. The molecule has 2 aromatic carbocycles. The Morgan fingerprint density at radius 2 is 1.73 bits per heavy atom. The van der Waals surface area contributed by atoms with E-state index in [2.05, 4.69) is 15.5 Å². The van der Waals surface area contributed by atoms with Crippen molar-refractivity contribution in [2.24, 2.45) is 0 Å². The minimum atomic E-state index is -1.40. The molecule has 9 heteroatoms. The smallest absolute Gasteiger partial charge is 0.353 e. The van der Waals surface area contributed by atoms with E-state index in [1.165, 1.54) is 0 Å². The molecule has 1 heterocycles. The minimum absolute atomic E-state index is 0.0142. The second-order valence-corrected chi connectivity index (χ2v) is 7.55. The van der Waals surface area contributed by atoms with E-state index < -0.39 is 30.1 Å². The lowest BCUT2D eigenvalue weighted by atomic mass is 10.0. The van der Waals surface area contributed by atoms with Crippen LogP contribution in [0.15, 0.2) is 60.7 Å². The average Bonchev–Trinajstić information content (AvgIpc) is 3.31. The van der Waals surface area contributed by atoms with Crippen LogP contribution in [0.5, 0.6) is 0 Å². The van der Waals surface area contributed by atoms with Crippen molar-refractivity contribution in [1.82, 2.24) is 15.5 Å². The number of hydrogen-bond donors (Lipinski definition) is 4. The Morgan fingerprint density at radius 3 is 2.36 bits per heavy atom. The average molecular weight is 451 g/mol. The van der Waals surface area contributed by atoms with Gasteiger partial charge in [-0.1, -0.05) is 54.6 Å². The summed E-state index contributed by atoms with van der Waals surface area (Å²) in [5, 5.41) is 27.1. The molecule has 1 aromatic heterocycles. The number of aromatic nitrogens is 2. The summed E-state index contributed by atoms with van der Waals surface area (Å²) in [6.07, 6.45) is -1.40. The lowest BCUT2D eigenvalue weighted by Crippen LogP contribution is -2.33. The van der Waals surface area contributed by atoms with Crippen molar-refractivity contribution in [2.45, 2.75) is 32.0 Å². The molecule has 172 valence electrons. The largest absolute Gasteiger partial charge is 0.477 e. The predicted molar refractivity (Wildman–Crippen MR) is 120 cm³/mol. The number of aromatic amines is 1. The lowest BCUT2D eigenvalue weighted by molar-refractivity contribution is -0.158. The minimum Gasteiger partial charge on any atom is -0.477 e. The van der Waals surface area contributed by atoms with Gasteiger partial charge in [0.2, 0.25) is 0 Å². The Balaban J connectivity index is 1.41. The highest BCUT2D eigenvalue weighted by Crippen LogP contribution is 2.20. The van der Waals surface area contributed by atoms with Gasteiger partial charge in [-0.25, -0.2) is 9.59 Å². The molecule has 3 rings (SSSR count). The summed E-state index contributed by atoms with van der Waals surface area (Å²) < 4.78 is 5.32. The highest BCUT2D eigenvalue weighted by molar-refractivity contribution is 5.95. The summed E-state index contributed by atoms with van der Waals surface area (Å²) in [7, 11) is 0. The summed E-state index contributed by atoms with van der Waals surface area (Å²) >= 11 is 0. The van der Waals surface area contributed by atoms with E-state index in [4.69, 9.17) is 9.84 Å². The second-order valence-electron chi connectivity index (χ2n) is 7.55. The number of carbonyl (C=O) groups excluding carboxylic acids is 2. The lowest BCUT2D eigenvalue weighted by Gasteiger charge is -2.16. The van der Waals surface area contributed by atoms with E-state index in [0.717, 1.165) is 22.8 Å². The van der Waals surface area contributed by atoms with E-state index in [9.17, 15) is 19.5 Å². The number of aliphatic hydroxyl groups is 1. The van der Waals surface area contributed by atoms with Crippen LogP contribution in [0, 0.1) is 0 Å². The zero-order chi connectivity index (χ0) is 23.8. The van der Waals surface area contributed by atoms with Crippen LogP contribution in [0.2, 0.25) is 0 Å². The number of hydrogen-bond acceptors (Lipinski definition) is 6. The van der Waals surface area contributed by atoms with Crippen LogP contribution in [0.4, 0.5) is 0 Å². The van der Waals surface area contributed by atoms with Gasteiger partial charge >= 0.3 is 11.9 Å². The molecular weight excluding hydrogens is 426 g/mol. The van der Waals surface area contributed by atoms with Crippen LogP contribution in [0.1, 0.15) is 39.9 Å². The maximum atomic E-state index is 12.1. The number of carboxylic acids is 1. The first-order valence-corrected chi connectivity index (χ1v) is 10.4. The fraction of sp³-hybridized carbons (Fsp3) is 0.250. The van der Waals surface area contributed by atoms with Crippen LogP contribution < -0.4 is 5.32 Å². The Morgan fingerprint density at radius 1 is 1.06 bits per heavy atom. The fourth-order valence-electron chi connectivity index (χ4n) is 3.19. The van der Waals surface area contributed by atoms with Crippen LogP contribution in [0.3, 0.4) is 0 Å². The standard InChI is InChI=1S/C24H25N3O6/c1-15(13-16-7-9-18(10-8-16)17-5-3-2-4-6-17)33-24(32)21(28)11-12-25-22(29)19-14-20(23(30)31)27-26-19/h2-10,14-15,21,28H,11-13H2,1H3,(H,25,29)(H,26,27)(H,30,31). The van der Waals surface area contributed by atoms with Gasteiger partial charge in [-0.05, 0) is 23.6 Å². The van der Waals surface area contributed by atoms with Crippen molar-refractivity contribution >= 4 is 17.8 Å². The molecule has 0 aliphatic rings. The number of ether oxygens (including phenoxy) is 1. The Labute approximate surface area is 190 Å². The molecule has 0 spiro atoms. The molecule has 0 aliphatic carbocycles. The maximum Gasteiger partial charge on any atom is 0.353 e. The summed E-state index contributed by atoms with van der Waals surface area (Å²) in [5.41, 5.74) is 2.89. The topological polar surface area (TPSA) is 142 Å². The monoisotopic (exact) mass is 451 g/mol. The first-order chi connectivity index (χ1) is 15.8. The van der Waals surface area contributed by atoms with E-state index in [0.29, 0.717) is 6.42 Å². The van der Waals surface area contributed by atoms with Gasteiger partial charge in [-0.15, -0.1) is 0 Å². The number of benzene rings is 2. The van der Waals surface area contributed by atoms with Gasteiger partial charge in [0.25, 0.3) is 5.91 Å². The van der Waals surface area contributed by atoms with Crippen molar-refractivity contribution in [3.8, 4) is 11.1 Å². The zero-order valence-corrected chi connectivity index (χ0v) is 18.0. The third-order valence-corrected chi connectivity index (χ3v) is 4.92. The molecule has 33 heavy (non-hydrogen) atoms. The highest BCUT2D eigenvalue weighted by atomic mass is 16.6. The molecule has 0 saturated carbocycles. The van der Waals surface area contributed by atoms with Gasteiger partial charge in [0.15, 0.2) is 11.8 Å². The molecule has 4 N–H and O–H groups in total. The third kappa shape index (κ3) is 6.75. The Hall–Kier alpha value is -3.98. The number of carbonyl (C=O) groups is 3. The molecular formula is C24H25N3O6. The van der Waals surface area contributed by atoms with Gasteiger partial charge in [-0.3, -0.25) is 9.89 Å². The van der Waals surface area contributed by atoms with Gasteiger partial charge in [0, 0.05) is 25.5 Å². The number of aromatic carboxylic acids is 1. The number of rotatable bonds is 10. The Bertz CT molecular complexity index is 1090. The zero-order valence-electron chi connectivity index (χ0n) is 18.0. The van der Waals surface area contributed by atoms with E-state index in [1.54, 1.807) is 6.92 Å². The van der Waals surface area contributed by atoms with E-state index in [-0.39, 0.29) is 24.4 Å². The predicted octanol–water partition coefficient (Wildman–Crippen LogP) is 2.43. The molecule has 1 amide bonds. The number of H-pyrrole nitrogens is 1. The highest BCUT2D eigenvalue weighted by Gasteiger charge is 2.20. The molecule has 0 saturated heterocycles. The van der Waals surface area contributed by atoms with Crippen molar-refractivity contribution in [1.29, 1.82) is 0 Å². The molecule has 0 aliphatic heterocycles. The van der Waals surface area contributed by atoms with Crippen molar-refractivity contribution in [3.63, 3.8) is 0 Å². The molecule has 2 unspecified atom stereocenters. The first-order valence-electron chi connectivity index (χ1n) is 10.4. The fourth-order valence-corrected chi connectivity index (χ4v) is 3.19. The first kappa shape index (κ1) is 23.7. The number of aliphatic hydroxyl groups excluding tert-OH is 1. The number of nitrogens with one attached hydrogen (secondary N) is 2. The van der Waals surface area contributed by atoms with Gasteiger partial charge in [-0.2, -0.15) is 5.10 Å². The van der Waals surface area contributed by atoms with Crippen molar-refractivity contribution in [2.75, 3.05) is 6.54 Å². The van der Waals surface area contributed by atoms with Gasteiger partial charge < -0.3 is 20.3 Å². The van der Waals surface area contributed by atoms with Crippen LogP contribution in [0.25, 0.3) is 11.1 Å². The number of carboxylic acid groups (broad SMARTS) is 1. The molecule has 0 radical (unpaired) electrons. The van der Waals surface area contributed by atoms with E-state index in [1.807, 2.05) is 54.6 Å². The van der Waals surface area contributed by atoms with Gasteiger partial charge in [0.1, 0.15) is 11.8 Å².